The number of H-pyrrole nitrogens is 1. The number of aromatic nitrogens is 2. The molecule has 3 aromatic rings. The van der Waals surface area contributed by atoms with Crippen molar-refractivity contribution >= 4 is 33.7 Å². The zero-order valence-corrected chi connectivity index (χ0v) is 14.0. The van der Waals surface area contributed by atoms with E-state index in [2.05, 4.69) is 15.1 Å². The predicted octanol–water partition coefficient (Wildman–Crippen LogP) is 3.86. The second-order valence-corrected chi connectivity index (χ2v) is 6.29. The van der Waals surface area contributed by atoms with Gasteiger partial charge in [-0.25, -0.2) is 4.98 Å². The van der Waals surface area contributed by atoms with Gasteiger partial charge in [-0.3, -0.25) is 4.79 Å². The molecule has 1 N–H and O–H groups in total. The highest BCUT2D eigenvalue weighted by atomic mass is 32.1. The maximum absolute atomic E-state index is 12.7. The lowest BCUT2D eigenvalue weighted by atomic mass is 10.1. The Balaban J connectivity index is 1.97. The molecule has 0 aliphatic heterocycles. The number of fused-ring (bicyclic) bond motifs is 1. The predicted molar refractivity (Wildman–Crippen MR) is 92.2 cm³/mol. The van der Waals surface area contributed by atoms with E-state index < -0.39 is 0 Å². The van der Waals surface area contributed by atoms with Crippen molar-refractivity contribution in [1.29, 1.82) is 0 Å². The minimum Gasteiger partial charge on any atom is -0.399 e. The quantitative estimate of drug-likeness (QED) is 0.439. The number of para-hydroxylation sites is 1. The summed E-state index contributed by atoms with van der Waals surface area (Å²) < 4.78 is 0. The van der Waals surface area contributed by atoms with E-state index in [1.165, 1.54) is 18.4 Å². The van der Waals surface area contributed by atoms with Gasteiger partial charge in [0.05, 0.1) is 11.3 Å². The van der Waals surface area contributed by atoms with Gasteiger partial charge in [0.2, 0.25) is 5.78 Å². The first-order valence-corrected chi connectivity index (χ1v) is 8.17. The van der Waals surface area contributed by atoms with Crippen LogP contribution in [0.15, 0.2) is 41.0 Å². The summed E-state index contributed by atoms with van der Waals surface area (Å²) in [6.07, 6.45) is 1.74. The third-order valence-electron chi connectivity index (χ3n) is 3.53. The van der Waals surface area contributed by atoms with Crippen LogP contribution in [0.1, 0.15) is 34.9 Å². The molecule has 0 radical (unpaired) electrons. The Bertz CT molecular complexity index is 877. The van der Waals surface area contributed by atoms with E-state index in [0.717, 1.165) is 16.6 Å². The van der Waals surface area contributed by atoms with Gasteiger partial charge in [0, 0.05) is 28.4 Å². The summed E-state index contributed by atoms with van der Waals surface area (Å²) in [5.74, 6) is 0.0762. The van der Waals surface area contributed by atoms with Gasteiger partial charge in [0.1, 0.15) is 12.8 Å². The Kier molecular flexibility index (Phi) is 4.25. The van der Waals surface area contributed by atoms with Gasteiger partial charge in [-0.05, 0) is 6.07 Å². The van der Waals surface area contributed by atoms with Crippen LogP contribution >= 0.6 is 11.3 Å². The third-order valence-corrected chi connectivity index (χ3v) is 4.37. The van der Waals surface area contributed by atoms with Crippen molar-refractivity contribution in [2.24, 2.45) is 11.1 Å². The molecule has 0 fully saturated rings. The number of carbonyl (C=O) groups excluding carboxylic acids is 1. The average Bonchev–Trinajstić information content (AvgIpc) is 3.18. The molecule has 2 aromatic heterocycles. The summed E-state index contributed by atoms with van der Waals surface area (Å²) in [6, 6.07) is 7.73. The van der Waals surface area contributed by atoms with Crippen LogP contribution in [-0.4, -0.2) is 28.6 Å². The zero-order chi connectivity index (χ0) is 16.4. The molecule has 0 spiro atoms. The maximum Gasteiger partial charge on any atom is 0.223 e. The minimum absolute atomic E-state index is 0.0841. The van der Waals surface area contributed by atoms with E-state index >= 15 is 0 Å². The van der Waals surface area contributed by atoms with Crippen molar-refractivity contribution in [3.8, 4) is 0 Å². The molecular formula is C17H17N3O2S. The van der Waals surface area contributed by atoms with Crippen molar-refractivity contribution in [1.82, 2.24) is 9.97 Å². The number of nitrogens with one attached hydrogen (secondary N) is 1. The number of carbonyl (C=O) groups is 1. The van der Waals surface area contributed by atoms with E-state index in [0.29, 0.717) is 16.3 Å². The first kappa shape index (κ1) is 15.4. The second-order valence-electron chi connectivity index (χ2n) is 5.43. The number of hydrogen-bond acceptors (Lipinski definition) is 5. The van der Waals surface area contributed by atoms with Crippen LogP contribution in [0.3, 0.4) is 0 Å². The van der Waals surface area contributed by atoms with E-state index in [4.69, 9.17) is 4.84 Å². The molecule has 0 saturated heterocycles. The summed E-state index contributed by atoms with van der Waals surface area (Å²) >= 11 is 1.33. The molecule has 118 valence electrons. The fourth-order valence-corrected chi connectivity index (χ4v) is 3.18. The summed E-state index contributed by atoms with van der Waals surface area (Å²) in [4.78, 5) is 25.2. The number of benzene rings is 1. The topological polar surface area (TPSA) is 67.3 Å². The molecule has 0 aliphatic rings. The first-order chi connectivity index (χ1) is 11.1. The highest BCUT2D eigenvalue weighted by molar-refractivity contribution is 7.12. The van der Waals surface area contributed by atoms with Crippen LogP contribution in [0.5, 0.6) is 0 Å². The summed E-state index contributed by atoms with van der Waals surface area (Å²) in [5.41, 5.74) is 3.00. The van der Waals surface area contributed by atoms with Gasteiger partial charge in [-0.1, -0.05) is 37.2 Å². The second kappa shape index (κ2) is 6.34. The molecule has 3 rings (SSSR count). The smallest absolute Gasteiger partial charge is 0.223 e. The van der Waals surface area contributed by atoms with Crippen molar-refractivity contribution in [2.45, 2.75) is 13.8 Å². The monoisotopic (exact) mass is 327 g/mol. The number of aromatic amines is 1. The van der Waals surface area contributed by atoms with Gasteiger partial charge < -0.3 is 9.82 Å². The van der Waals surface area contributed by atoms with Crippen LogP contribution in [-0.2, 0) is 4.84 Å². The molecule has 2 heterocycles. The molecule has 6 heteroatoms. The minimum atomic E-state index is -0.0841. The zero-order valence-electron chi connectivity index (χ0n) is 13.2. The van der Waals surface area contributed by atoms with E-state index in [1.807, 2.05) is 43.5 Å². The van der Waals surface area contributed by atoms with Gasteiger partial charge in [0.15, 0.2) is 5.01 Å². The molecule has 0 atom stereocenters. The summed E-state index contributed by atoms with van der Waals surface area (Å²) in [6.45, 7) is 4.02. The number of thiazole rings is 1. The van der Waals surface area contributed by atoms with Crippen molar-refractivity contribution in [3.05, 3.63) is 52.1 Å². The van der Waals surface area contributed by atoms with Crippen molar-refractivity contribution < 1.29 is 9.63 Å². The molecule has 0 amide bonds. The average molecular weight is 327 g/mol. The molecule has 0 saturated carbocycles. The van der Waals surface area contributed by atoms with E-state index in [9.17, 15) is 4.79 Å². The van der Waals surface area contributed by atoms with Gasteiger partial charge in [0.25, 0.3) is 0 Å². The number of hydrogen-bond donors (Lipinski definition) is 1. The van der Waals surface area contributed by atoms with Crippen LogP contribution in [0, 0.1) is 5.92 Å². The number of rotatable bonds is 5. The third kappa shape index (κ3) is 2.90. The van der Waals surface area contributed by atoms with Crippen molar-refractivity contribution in [2.75, 3.05) is 7.11 Å². The lowest BCUT2D eigenvalue weighted by molar-refractivity contribution is 0.104. The van der Waals surface area contributed by atoms with E-state index in [1.54, 1.807) is 6.20 Å². The maximum atomic E-state index is 12.7. The lowest BCUT2D eigenvalue weighted by Crippen LogP contribution is -2.11. The molecular weight excluding hydrogens is 310 g/mol. The van der Waals surface area contributed by atoms with E-state index in [-0.39, 0.29) is 11.7 Å². The Morgan fingerprint density at radius 2 is 2.13 bits per heavy atom. The molecule has 0 bridgehead atoms. The first-order valence-electron chi connectivity index (χ1n) is 7.29. The molecule has 23 heavy (non-hydrogen) atoms. The van der Waals surface area contributed by atoms with Gasteiger partial charge in [-0.2, -0.15) is 0 Å². The molecule has 0 unspecified atom stereocenters. The van der Waals surface area contributed by atoms with Gasteiger partial charge >= 0.3 is 0 Å². The van der Waals surface area contributed by atoms with Gasteiger partial charge in [-0.15, -0.1) is 11.3 Å². The lowest BCUT2D eigenvalue weighted by Gasteiger charge is -2.05. The largest absolute Gasteiger partial charge is 0.399 e. The standard InChI is InChI=1S/C17H17N3O2S/c1-10(2)15(20-22-3)14-9-23-17(19-14)16(21)12-8-18-13-7-5-4-6-11(12)13/h4-10,18H,1-3H3. The normalized spacial score (nSPS) is 12.1. The van der Waals surface area contributed by atoms with Crippen molar-refractivity contribution in [3.63, 3.8) is 0 Å². The van der Waals surface area contributed by atoms with Crippen LogP contribution in [0.2, 0.25) is 0 Å². The fourth-order valence-electron chi connectivity index (χ4n) is 2.42. The number of oxime groups is 1. The Morgan fingerprint density at radius 1 is 1.35 bits per heavy atom. The van der Waals surface area contributed by atoms with Crippen LogP contribution in [0.4, 0.5) is 0 Å². The highest BCUT2D eigenvalue weighted by Crippen LogP contribution is 2.23. The SMILES string of the molecule is CON=C(c1csc(C(=O)c2c[nH]c3ccccc23)n1)C(C)C. The van der Waals surface area contributed by atoms with Crippen LogP contribution in [0.25, 0.3) is 10.9 Å². The Hall–Kier alpha value is -2.47. The Labute approximate surface area is 138 Å². The van der Waals surface area contributed by atoms with Crippen LogP contribution < -0.4 is 0 Å². The Morgan fingerprint density at radius 3 is 2.87 bits per heavy atom. The number of nitrogens with zero attached hydrogens (tertiary/aromatic N) is 2. The summed E-state index contributed by atoms with van der Waals surface area (Å²) in [5, 5.41) is 7.23. The number of ketones is 1. The highest BCUT2D eigenvalue weighted by Gasteiger charge is 2.20. The summed E-state index contributed by atoms with van der Waals surface area (Å²) in [7, 11) is 1.51. The molecule has 5 nitrogen and oxygen atoms in total. The molecule has 0 aliphatic carbocycles. The fraction of sp³-hybridized carbons (Fsp3) is 0.235. The molecule has 1 aromatic carbocycles.